The zero-order valence-electron chi connectivity index (χ0n) is 15.6. The first-order valence-electron chi connectivity index (χ1n) is 9.83. The van der Waals surface area contributed by atoms with Crippen LogP contribution >= 0.6 is 11.6 Å². The Morgan fingerprint density at radius 2 is 1.43 bits per heavy atom. The summed E-state index contributed by atoms with van der Waals surface area (Å²) < 4.78 is 5.47. The quantitative estimate of drug-likeness (QED) is 0.151. The molecule has 1 unspecified atom stereocenters. The van der Waals surface area contributed by atoms with E-state index in [4.69, 9.17) is 16.3 Å². The Morgan fingerprint density at radius 3 is 2.09 bits per heavy atom. The van der Waals surface area contributed by atoms with Crippen molar-refractivity contribution in [1.82, 2.24) is 0 Å². The van der Waals surface area contributed by atoms with Gasteiger partial charge in [-0.1, -0.05) is 70.3 Å². The van der Waals surface area contributed by atoms with Crippen molar-refractivity contribution in [1.29, 1.82) is 0 Å². The van der Waals surface area contributed by atoms with Gasteiger partial charge in [0.2, 0.25) is 0 Å². The van der Waals surface area contributed by atoms with Crippen LogP contribution < -0.4 is 0 Å². The summed E-state index contributed by atoms with van der Waals surface area (Å²) in [5.74, 6) is 0. The predicted molar refractivity (Wildman–Crippen MR) is 105 cm³/mol. The summed E-state index contributed by atoms with van der Waals surface area (Å²) in [6.45, 7) is 5.93. The number of allylic oxidation sites excluding steroid dienone is 4. The van der Waals surface area contributed by atoms with E-state index in [1.165, 1.54) is 57.8 Å². The summed E-state index contributed by atoms with van der Waals surface area (Å²) in [4.78, 5) is 0. The van der Waals surface area contributed by atoms with Crippen LogP contribution in [-0.2, 0) is 4.74 Å². The maximum atomic E-state index is 6.22. The maximum Gasteiger partial charge on any atom is 0.0630 e. The van der Waals surface area contributed by atoms with E-state index in [-0.39, 0.29) is 5.38 Å². The van der Waals surface area contributed by atoms with E-state index < -0.39 is 0 Å². The minimum Gasteiger partial charge on any atom is -0.380 e. The number of unbranched alkanes of at least 4 members (excludes halogenated alkanes) is 7. The third kappa shape index (κ3) is 19.7. The second-order valence-electron chi connectivity index (χ2n) is 6.34. The van der Waals surface area contributed by atoms with E-state index in [1.54, 1.807) is 0 Å². The van der Waals surface area contributed by atoms with E-state index in [0.717, 1.165) is 25.9 Å². The first kappa shape index (κ1) is 22.7. The number of alkyl halides is 1. The fourth-order valence-corrected chi connectivity index (χ4v) is 2.68. The molecule has 0 N–H and O–H groups in total. The number of halogens is 1. The van der Waals surface area contributed by atoms with Gasteiger partial charge in [-0.3, -0.25) is 0 Å². The van der Waals surface area contributed by atoms with Gasteiger partial charge in [0.05, 0.1) is 12.0 Å². The monoisotopic (exact) mass is 342 g/mol. The molecule has 0 aliphatic heterocycles. The Balaban J connectivity index is 3.24. The molecule has 0 heterocycles. The summed E-state index contributed by atoms with van der Waals surface area (Å²) in [5, 5.41) is 0.200. The Labute approximate surface area is 150 Å². The normalized spacial score (nSPS) is 13.3. The van der Waals surface area contributed by atoms with E-state index in [2.05, 4.69) is 38.2 Å². The number of ether oxygens (including phenoxy) is 1. The lowest BCUT2D eigenvalue weighted by molar-refractivity contribution is 0.132. The van der Waals surface area contributed by atoms with Crippen LogP contribution in [0.5, 0.6) is 0 Å². The zero-order valence-corrected chi connectivity index (χ0v) is 16.3. The molecular weight excluding hydrogens is 304 g/mol. The molecule has 1 nitrogen and oxygen atoms in total. The van der Waals surface area contributed by atoms with Crippen molar-refractivity contribution < 1.29 is 4.74 Å². The standard InChI is InChI=1S/C21H39ClO/c1-3-5-6-7-8-9-10-11-12-13-14-15-16-17-18-21(22)20-23-19-4-2/h8-9,11-12,21H,3-7,10,13-20H2,1-2H3/b9-8-,12-11-. The van der Waals surface area contributed by atoms with Gasteiger partial charge in [0.15, 0.2) is 0 Å². The molecule has 0 rings (SSSR count). The highest BCUT2D eigenvalue weighted by Crippen LogP contribution is 2.12. The van der Waals surface area contributed by atoms with Crippen molar-refractivity contribution in [2.45, 2.75) is 96.3 Å². The lowest BCUT2D eigenvalue weighted by atomic mass is 10.1. The Hall–Kier alpha value is -0.270. The molecule has 23 heavy (non-hydrogen) atoms. The van der Waals surface area contributed by atoms with Crippen LogP contribution in [0.4, 0.5) is 0 Å². The highest BCUT2D eigenvalue weighted by Gasteiger charge is 2.03. The number of rotatable bonds is 17. The smallest absolute Gasteiger partial charge is 0.0630 e. The van der Waals surface area contributed by atoms with Gasteiger partial charge in [0.25, 0.3) is 0 Å². The fraction of sp³-hybridized carbons (Fsp3) is 0.810. The van der Waals surface area contributed by atoms with Crippen molar-refractivity contribution in [3.8, 4) is 0 Å². The molecule has 0 aliphatic carbocycles. The number of hydrogen-bond donors (Lipinski definition) is 0. The van der Waals surface area contributed by atoms with Gasteiger partial charge < -0.3 is 4.74 Å². The lowest BCUT2D eigenvalue weighted by Gasteiger charge is -2.09. The van der Waals surface area contributed by atoms with Crippen LogP contribution in [0.3, 0.4) is 0 Å². The van der Waals surface area contributed by atoms with Gasteiger partial charge in [0.1, 0.15) is 0 Å². The maximum absolute atomic E-state index is 6.22. The Kier molecular flexibility index (Phi) is 19.5. The topological polar surface area (TPSA) is 9.23 Å². The van der Waals surface area contributed by atoms with Gasteiger partial charge in [0, 0.05) is 6.61 Å². The minimum atomic E-state index is 0.200. The molecule has 0 aliphatic rings. The van der Waals surface area contributed by atoms with Gasteiger partial charge in [-0.25, -0.2) is 0 Å². The average Bonchev–Trinajstić information content (AvgIpc) is 2.55. The molecule has 0 amide bonds. The van der Waals surface area contributed by atoms with Gasteiger partial charge in [-0.05, 0) is 44.9 Å². The molecule has 0 radical (unpaired) electrons. The molecule has 0 aromatic heterocycles. The molecule has 0 aromatic carbocycles. The second kappa shape index (κ2) is 19.8. The van der Waals surface area contributed by atoms with Crippen LogP contribution in [0.25, 0.3) is 0 Å². The molecular formula is C21H39ClO. The van der Waals surface area contributed by atoms with Crippen molar-refractivity contribution in [3.63, 3.8) is 0 Å². The molecule has 0 fully saturated rings. The molecule has 0 bridgehead atoms. The summed E-state index contributed by atoms with van der Waals surface area (Å²) in [7, 11) is 0. The molecule has 136 valence electrons. The van der Waals surface area contributed by atoms with Gasteiger partial charge in [-0.2, -0.15) is 0 Å². The van der Waals surface area contributed by atoms with Crippen molar-refractivity contribution in [2.24, 2.45) is 0 Å². The fourth-order valence-electron chi connectivity index (χ4n) is 2.44. The summed E-state index contributed by atoms with van der Waals surface area (Å²) in [6, 6.07) is 0. The molecule has 0 aromatic rings. The molecule has 0 spiro atoms. The van der Waals surface area contributed by atoms with Crippen LogP contribution in [0.2, 0.25) is 0 Å². The molecule has 1 atom stereocenters. The summed E-state index contributed by atoms with van der Waals surface area (Å²) in [6.07, 6.45) is 24.1. The largest absolute Gasteiger partial charge is 0.380 e. The van der Waals surface area contributed by atoms with Crippen molar-refractivity contribution in [3.05, 3.63) is 24.3 Å². The number of hydrogen-bond acceptors (Lipinski definition) is 1. The van der Waals surface area contributed by atoms with E-state index in [1.807, 2.05) is 0 Å². The highest BCUT2D eigenvalue weighted by molar-refractivity contribution is 6.20. The third-order valence-corrected chi connectivity index (χ3v) is 4.21. The molecule has 0 saturated heterocycles. The highest BCUT2D eigenvalue weighted by atomic mass is 35.5. The third-order valence-electron chi connectivity index (χ3n) is 3.87. The first-order chi connectivity index (χ1) is 11.3. The van der Waals surface area contributed by atoms with Crippen LogP contribution in [0.15, 0.2) is 24.3 Å². The summed E-state index contributed by atoms with van der Waals surface area (Å²) >= 11 is 6.22. The van der Waals surface area contributed by atoms with Crippen LogP contribution in [0, 0.1) is 0 Å². The van der Waals surface area contributed by atoms with Crippen molar-refractivity contribution in [2.75, 3.05) is 13.2 Å². The van der Waals surface area contributed by atoms with Gasteiger partial charge >= 0.3 is 0 Å². The molecule has 0 saturated carbocycles. The van der Waals surface area contributed by atoms with Gasteiger partial charge in [-0.15, -0.1) is 11.6 Å². The molecule has 2 heteroatoms. The first-order valence-corrected chi connectivity index (χ1v) is 10.3. The lowest BCUT2D eigenvalue weighted by Crippen LogP contribution is -2.09. The average molecular weight is 343 g/mol. The second-order valence-corrected chi connectivity index (χ2v) is 6.96. The minimum absolute atomic E-state index is 0.200. The zero-order chi connectivity index (χ0) is 17.0. The Morgan fingerprint density at radius 1 is 0.783 bits per heavy atom. The summed E-state index contributed by atoms with van der Waals surface area (Å²) in [5.41, 5.74) is 0. The van der Waals surface area contributed by atoms with Crippen LogP contribution in [0.1, 0.15) is 90.9 Å². The predicted octanol–water partition coefficient (Wildman–Crippen LogP) is 7.44. The van der Waals surface area contributed by atoms with E-state index in [9.17, 15) is 0 Å². The SMILES string of the molecule is CCCCC/C=C\C/C=C\CCCCCCC(Cl)COCCC. The van der Waals surface area contributed by atoms with E-state index in [0.29, 0.717) is 6.61 Å². The van der Waals surface area contributed by atoms with E-state index >= 15 is 0 Å². The van der Waals surface area contributed by atoms with Crippen molar-refractivity contribution >= 4 is 11.6 Å². The van der Waals surface area contributed by atoms with Crippen LogP contribution in [-0.4, -0.2) is 18.6 Å². The Bertz CT molecular complexity index is 273.